The number of ketones is 1. The average Bonchev–Trinajstić information content (AvgIpc) is 2.60. The Morgan fingerprint density at radius 3 is 2.48 bits per heavy atom. The molecule has 0 unspecified atom stereocenters. The summed E-state index contributed by atoms with van der Waals surface area (Å²) in [7, 11) is 0. The molecule has 5 nitrogen and oxygen atoms in total. The fourth-order valence-corrected chi connectivity index (χ4v) is 2.76. The Morgan fingerprint density at radius 2 is 1.76 bits per heavy atom. The van der Waals surface area contributed by atoms with E-state index in [0.717, 1.165) is 4.47 Å². The van der Waals surface area contributed by atoms with E-state index in [1.165, 1.54) is 13.0 Å². The van der Waals surface area contributed by atoms with Crippen LogP contribution in [0.5, 0.6) is 0 Å². The number of esters is 1. The minimum Gasteiger partial charge on any atom is -0.451 e. The maximum absolute atomic E-state index is 12.5. The molecule has 0 aliphatic heterocycles. The molecule has 0 saturated carbocycles. The van der Waals surface area contributed by atoms with E-state index in [2.05, 4.69) is 20.9 Å². The van der Waals surface area contributed by atoms with Crippen LogP contribution in [0.1, 0.15) is 27.6 Å². The zero-order valence-corrected chi connectivity index (χ0v) is 14.9. The predicted octanol–water partition coefficient (Wildman–Crippen LogP) is 3.72. The molecule has 0 amide bonds. The molecule has 6 heteroatoms. The molecule has 1 heterocycles. The first-order valence-electron chi connectivity index (χ1n) is 7.58. The lowest BCUT2D eigenvalue weighted by Crippen LogP contribution is -2.25. The number of hydrogen-bond acceptors (Lipinski definition) is 4. The zero-order chi connectivity index (χ0) is 18.0. The minimum absolute atomic E-state index is 0.134. The quantitative estimate of drug-likeness (QED) is 0.535. The molecule has 3 rings (SSSR count). The van der Waals surface area contributed by atoms with Gasteiger partial charge in [-0.25, -0.2) is 4.79 Å². The third-order valence-electron chi connectivity index (χ3n) is 3.75. The van der Waals surface area contributed by atoms with Crippen molar-refractivity contribution in [3.63, 3.8) is 0 Å². The molecule has 1 aromatic heterocycles. The number of pyridine rings is 1. The molecule has 0 aliphatic rings. The number of para-hydroxylation sites is 1. The Hall–Kier alpha value is -2.73. The third kappa shape index (κ3) is 3.69. The molecule has 0 aliphatic carbocycles. The fraction of sp³-hybridized carbons (Fsp3) is 0.105. The Balaban J connectivity index is 1.86. The summed E-state index contributed by atoms with van der Waals surface area (Å²) in [6, 6.07) is 14.9. The van der Waals surface area contributed by atoms with Crippen molar-refractivity contribution in [2.45, 2.75) is 13.0 Å². The number of carbonyl (C=O) groups excluding carboxylic acids is 2. The molecule has 1 atom stereocenters. The molecule has 1 N–H and O–H groups in total. The normalized spacial score (nSPS) is 11.9. The van der Waals surface area contributed by atoms with Crippen molar-refractivity contribution >= 4 is 38.6 Å². The topological polar surface area (TPSA) is 76.2 Å². The number of halogens is 1. The summed E-state index contributed by atoms with van der Waals surface area (Å²) in [5.74, 6) is -1.02. The monoisotopic (exact) mass is 399 g/mol. The summed E-state index contributed by atoms with van der Waals surface area (Å²) in [5.41, 5.74) is 0.709. The van der Waals surface area contributed by atoms with E-state index < -0.39 is 17.6 Å². The van der Waals surface area contributed by atoms with E-state index >= 15 is 0 Å². The van der Waals surface area contributed by atoms with Gasteiger partial charge in [0.15, 0.2) is 6.10 Å². The van der Waals surface area contributed by atoms with Crippen LogP contribution in [0.4, 0.5) is 0 Å². The van der Waals surface area contributed by atoms with Crippen LogP contribution in [0.25, 0.3) is 10.9 Å². The highest BCUT2D eigenvalue weighted by Gasteiger charge is 2.22. The first kappa shape index (κ1) is 17.1. The first-order valence-corrected chi connectivity index (χ1v) is 8.38. The number of H-pyrrole nitrogens is 1. The number of Topliss-reactive ketones (excluding diaryl/α,β-unsaturated/α-hetero) is 1. The molecule has 0 bridgehead atoms. The number of rotatable bonds is 4. The van der Waals surface area contributed by atoms with Crippen molar-refractivity contribution < 1.29 is 14.3 Å². The minimum atomic E-state index is -0.966. The van der Waals surface area contributed by atoms with Gasteiger partial charge in [-0.15, -0.1) is 0 Å². The van der Waals surface area contributed by atoms with Crippen LogP contribution in [0.2, 0.25) is 0 Å². The smallest absolute Gasteiger partial charge is 0.339 e. The van der Waals surface area contributed by atoms with Gasteiger partial charge in [-0.3, -0.25) is 9.59 Å². The predicted molar refractivity (Wildman–Crippen MR) is 97.9 cm³/mol. The van der Waals surface area contributed by atoms with E-state index in [-0.39, 0.29) is 11.3 Å². The summed E-state index contributed by atoms with van der Waals surface area (Å²) in [6.45, 7) is 1.51. The number of carbonyl (C=O) groups is 2. The molecule has 0 spiro atoms. The Bertz CT molecular complexity index is 1010. The van der Waals surface area contributed by atoms with Crippen molar-refractivity contribution in [2.75, 3.05) is 0 Å². The summed E-state index contributed by atoms with van der Waals surface area (Å²) < 4.78 is 6.14. The van der Waals surface area contributed by atoms with E-state index in [0.29, 0.717) is 16.5 Å². The van der Waals surface area contributed by atoms with Crippen LogP contribution < -0.4 is 5.56 Å². The Kier molecular flexibility index (Phi) is 4.81. The summed E-state index contributed by atoms with van der Waals surface area (Å²) in [5, 5.41) is 0.565. The van der Waals surface area contributed by atoms with E-state index in [1.54, 1.807) is 48.5 Å². The largest absolute Gasteiger partial charge is 0.451 e. The number of aromatic amines is 1. The van der Waals surface area contributed by atoms with Gasteiger partial charge in [-0.2, -0.15) is 0 Å². The van der Waals surface area contributed by atoms with Crippen LogP contribution in [-0.4, -0.2) is 22.8 Å². The Labute approximate surface area is 151 Å². The highest BCUT2D eigenvalue weighted by Crippen LogP contribution is 2.18. The van der Waals surface area contributed by atoms with Crippen molar-refractivity contribution in [1.29, 1.82) is 0 Å². The maximum Gasteiger partial charge on any atom is 0.339 e. The van der Waals surface area contributed by atoms with Gasteiger partial charge in [0.1, 0.15) is 0 Å². The number of fused-ring (bicyclic) bond motifs is 1. The molecule has 0 fully saturated rings. The highest BCUT2D eigenvalue weighted by molar-refractivity contribution is 9.10. The zero-order valence-electron chi connectivity index (χ0n) is 13.3. The van der Waals surface area contributed by atoms with Gasteiger partial charge in [0.05, 0.1) is 5.56 Å². The lowest BCUT2D eigenvalue weighted by atomic mass is 10.1. The van der Waals surface area contributed by atoms with Gasteiger partial charge in [0.2, 0.25) is 11.3 Å². The molecular weight excluding hydrogens is 386 g/mol. The van der Waals surface area contributed by atoms with Gasteiger partial charge in [-0.1, -0.05) is 46.3 Å². The van der Waals surface area contributed by atoms with Crippen LogP contribution in [0.3, 0.4) is 0 Å². The molecule has 0 radical (unpaired) electrons. The summed E-state index contributed by atoms with van der Waals surface area (Å²) >= 11 is 3.30. The number of benzene rings is 2. The molecule has 25 heavy (non-hydrogen) atoms. The number of hydrogen-bond donors (Lipinski definition) is 1. The van der Waals surface area contributed by atoms with Gasteiger partial charge in [-0.05, 0) is 25.1 Å². The lowest BCUT2D eigenvalue weighted by Gasteiger charge is -2.13. The van der Waals surface area contributed by atoms with Gasteiger partial charge in [0, 0.05) is 27.0 Å². The van der Waals surface area contributed by atoms with E-state index in [9.17, 15) is 14.4 Å². The van der Waals surface area contributed by atoms with Gasteiger partial charge >= 0.3 is 5.97 Å². The van der Waals surface area contributed by atoms with Gasteiger partial charge in [0.25, 0.3) is 0 Å². The van der Waals surface area contributed by atoms with Gasteiger partial charge < -0.3 is 9.72 Å². The maximum atomic E-state index is 12.5. The molecule has 126 valence electrons. The average molecular weight is 400 g/mol. The first-order chi connectivity index (χ1) is 12.0. The van der Waals surface area contributed by atoms with Crippen molar-refractivity contribution in [3.8, 4) is 0 Å². The van der Waals surface area contributed by atoms with E-state index in [4.69, 9.17) is 4.74 Å². The van der Waals surface area contributed by atoms with Crippen molar-refractivity contribution in [2.24, 2.45) is 0 Å². The highest BCUT2D eigenvalue weighted by atomic mass is 79.9. The second-order valence-electron chi connectivity index (χ2n) is 5.51. The molecular formula is C19H14BrNO4. The second-order valence-corrected chi connectivity index (χ2v) is 6.43. The lowest BCUT2D eigenvalue weighted by molar-refractivity contribution is 0.0320. The fourth-order valence-electron chi connectivity index (χ4n) is 2.50. The van der Waals surface area contributed by atoms with E-state index in [1.807, 2.05) is 0 Å². The number of ether oxygens (including phenoxy) is 1. The van der Waals surface area contributed by atoms with Crippen LogP contribution in [0.15, 0.2) is 63.9 Å². The number of aromatic nitrogens is 1. The molecule has 0 saturated heterocycles. The van der Waals surface area contributed by atoms with Crippen LogP contribution >= 0.6 is 15.9 Å². The van der Waals surface area contributed by atoms with Crippen LogP contribution in [0, 0.1) is 0 Å². The molecule has 2 aromatic carbocycles. The third-order valence-corrected chi connectivity index (χ3v) is 4.28. The van der Waals surface area contributed by atoms with Crippen molar-refractivity contribution in [1.82, 2.24) is 4.98 Å². The Morgan fingerprint density at radius 1 is 1.08 bits per heavy atom. The summed E-state index contributed by atoms with van der Waals surface area (Å²) in [4.78, 5) is 39.3. The van der Waals surface area contributed by atoms with Crippen molar-refractivity contribution in [3.05, 3.63) is 80.6 Å². The molecule has 3 aromatic rings. The number of nitrogens with one attached hydrogen (secondary N) is 1. The standard InChI is InChI=1S/C19H14BrNO4/c1-11(18(23)12-6-8-13(20)9-7-12)25-19(24)15-10-17(22)21-16-5-3-2-4-14(15)16/h2-11H,1H3,(H,21,22)/t11-/m1/s1. The second kappa shape index (κ2) is 7.03. The summed E-state index contributed by atoms with van der Waals surface area (Å²) in [6.07, 6.45) is -0.966. The van der Waals surface area contributed by atoms with Crippen LogP contribution in [-0.2, 0) is 4.74 Å². The SMILES string of the molecule is C[C@@H](OC(=O)c1cc(=O)[nH]c2ccccc12)C(=O)c1ccc(Br)cc1.